The van der Waals surface area contributed by atoms with Crippen LogP contribution >= 0.6 is 15.9 Å². The molecule has 0 aliphatic heterocycles. The Kier molecular flexibility index (Phi) is 1.70. The zero-order chi connectivity index (χ0) is 5.28. The number of nitrogens with two attached hydrogens (primary N) is 1. The van der Waals surface area contributed by atoms with Gasteiger partial charge in [0.25, 0.3) is 0 Å². The molecule has 1 aliphatic carbocycles. The first-order valence-corrected chi connectivity index (χ1v) is 3.62. The molecule has 2 heteroatoms. The zero-order valence-corrected chi connectivity index (χ0v) is 5.82. The van der Waals surface area contributed by atoms with Gasteiger partial charge in [-0.3, -0.25) is 0 Å². The molecule has 2 atom stereocenters. The molecule has 1 nitrogen and oxygen atoms in total. The van der Waals surface area contributed by atoms with Crippen LogP contribution in [0.4, 0.5) is 0 Å². The van der Waals surface area contributed by atoms with Gasteiger partial charge in [-0.05, 0) is 12.8 Å². The molecule has 1 aliphatic rings. The smallest absolute Gasteiger partial charge is 0.0297 e. The van der Waals surface area contributed by atoms with Crippen LogP contribution in [0.15, 0.2) is 0 Å². The summed E-state index contributed by atoms with van der Waals surface area (Å²) in [6.45, 7) is 0. The minimum atomic E-state index is 0.431. The van der Waals surface area contributed by atoms with Crippen molar-refractivity contribution in [2.45, 2.75) is 30.1 Å². The van der Waals surface area contributed by atoms with E-state index in [9.17, 15) is 0 Å². The molecule has 0 saturated heterocycles. The van der Waals surface area contributed by atoms with Crippen LogP contribution in [0.25, 0.3) is 0 Å². The molecule has 0 amide bonds. The van der Waals surface area contributed by atoms with Crippen molar-refractivity contribution >= 4 is 15.9 Å². The van der Waals surface area contributed by atoms with Gasteiger partial charge in [0.05, 0.1) is 0 Å². The summed E-state index contributed by atoms with van der Waals surface area (Å²) in [5.74, 6) is 0. The second-order valence-electron chi connectivity index (χ2n) is 2.11. The highest BCUT2D eigenvalue weighted by molar-refractivity contribution is 9.09. The quantitative estimate of drug-likeness (QED) is 0.536. The van der Waals surface area contributed by atoms with Gasteiger partial charge in [-0.2, -0.15) is 0 Å². The summed E-state index contributed by atoms with van der Waals surface area (Å²) < 4.78 is 0. The van der Waals surface area contributed by atoms with Gasteiger partial charge in [-0.15, -0.1) is 0 Å². The molecule has 2 N–H and O–H groups in total. The summed E-state index contributed by atoms with van der Waals surface area (Å²) in [5.41, 5.74) is 5.63. The largest absolute Gasteiger partial charge is 0.327 e. The molecule has 0 aromatic carbocycles. The molecule has 7 heavy (non-hydrogen) atoms. The van der Waals surface area contributed by atoms with E-state index in [1.54, 1.807) is 0 Å². The Labute approximate surface area is 52.4 Å². The van der Waals surface area contributed by atoms with Crippen molar-refractivity contribution in [1.82, 2.24) is 0 Å². The van der Waals surface area contributed by atoms with E-state index in [1.165, 1.54) is 19.3 Å². The maximum absolute atomic E-state index is 5.63. The molecular weight excluding hydrogens is 154 g/mol. The Hall–Kier alpha value is 0.440. The van der Waals surface area contributed by atoms with Crippen LogP contribution in [0.5, 0.6) is 0 Å². The second-order valence-corrected chi connectivity index (χ2v) is 3.29. The topological polar surface area (TPSA) is 26.0 Å². The van der Waals surface area contributed by atoms with Gasteiger partial charge >= 0.3 is 0 Å². The van der Waals surface area contributed by atoms with Gasteiger partial charge in [0.15, 0.2) is 0 Å². The fourth-order valence-corrected chi connectivity index (χ4v) is 1.53. The van der Waals surface area contributed by atoms with Gasteiger partial charge in [-0.25, -0.2) is 0 Å². The summed E-state index contributed by atoms with van der Waals surface area (Å²) in [5, 5.41) is 0. The third-order valence-electron chi connectivity index (χ3n) is 1.48. The van der Waals surface area contributed by atoms with E-state index in [1.807, 2.05) is 0 Å². The maximum atomic E-state index is 5.63. The number of hydrogen-bond acceptors (Lipinski definition) is 1. The van der Waals surface area contributed by atoms with Crippen LogP contribution in [-0.2, 0) is 0 Å². The highest BCUT2D eigenvalue weighted by Gasteiger charge is 2.19. The lowest BCUT2D eigenvalue weighted by atomic mass is 10.3. The average Bonchev–Trinajstić information content (AvgIpc) is 1.91. The lowest BCUT2D eigenvalue weighted by molar-refractivity contribution is 0.722. The van der Waals surface area contributed by atoms with E-state index in [0.29, 0.717) is 10.9 Å². The minimum absolute atomic E-state index is 0.431. The van der Waals surface area contributed by atoms with Gasteiger partial charge in [0, 0.05) is 10.9 Å². The number of alkyl halides is 1. The normalized spacial score (nSPS) is 42.0. The Bertz CT molecular complexity index is 57.1. The molecule has 0 aromatic rings. The maximum Gasteiger partial charge on any atom is 0.0297 e. The zero-order valence-electron chi connectivity index (χ0n) is 4.23. The molecule has 0 aromatic heterocycles. The average molecular weight is 164 g/mol. The SMILES string of the molecule is N[C@H]1CCC[C@H]1Br. The fraction of sp³-hybridized carbons (Fsp3) is 1.00. The van der Waals surface area contributed by atoms with Gasteiger partial charge in [0.2, 0.25) is 0 Å². The second kappa shape index (κ2) is 2.14. The van der Waals surface area contributed by atoms with Crippen molar-refractivity contribution in [1.29, 1.82) is 0 Å². The number of rotatable bonds is 0. The molecule has 42 valence electrons. The number of hydrogen-bond donors (Lipinski definition) is 1. The third-order valence-corrected chi connectivity index (χ3v) is 2.62. The van der Waals surface area contributed by atoms with Crippen molar-refractivity contribution in [3.8, 4) is 0 Å². The molecule has 0 heterocycles. The molecule has 0 spiro atoms. The van der Waals surface area contributed by atoms with Crippen LogP contribution in [-0.4, -0.2) is 10.9 Å². The molecule has 0 unspecified atom stereocenters. The molecule has 1 saturated carbocycles. The van der Waals surface area contributed by atoms with E-state index in [2.05, 4.69) is 15.9 Å². The lowest BCUT2D eigenvalue weighted by Crippen LogP contribution is -2.23. The Balaban J connectivity index is 2.33. The van der Waals surface area contributed by atoms with Gasteiger partial charge < -0.3 is 5.73 Å². The van der Waals surface area contributed by atoms with Crippen molar-refractivity contribution < 1.29 is 0 Å². The summed E-state index contributed by atoms with van der Waals surface area (Å²) in [4.78, 5) is 0.604. The first-order valence-electron chi connectivity index (χ1n) is 2.70. The highest BCUT2D eigenvalue weighted by Crippen LogP contribution is 2.23. The van der Waals surface area contributed by atoms with Crippen LogP contribution in [0.1, 0.15) is 19.3 Å². The van der Waals surface area contributed by atoms with E-state index >= 15 is 0 Å². The third kappa shape index (κ3) is 1.16. The Morgan fingerprint density at radius 1 is 1.43 bits per heavy atom. The van der Waals surface area contributed by atoms with E-state index in [4.69, 9.17) is 5.73 Å². The molecule has 0 bridgehead atoms. The van der Waals surface area contributed by atoms with E-state index < -0.39 is 0 Å². The first-order chi connectivity index (χ1) is 3.30. The highest BCUT2D eigenvalue weighted by atomic mass is 79.9. The lowest BCUT2D eigenvalue weighted by Gasteiger charge is -2.03. The van der Waals surface area contributed by atoms with Crippen LogP contribution in [0, 0.1) is 0 Å². The summed E-state index contributed by atoms with van der Waals surface area (Å²) >= 11 is 3.48. The Morgan fingerprint density at radius 3 is 2.29 bits per heavy atom. The minimum Gasteiger partial charge on any atom is -0.327 e. The van der Waals surface area contributed by atoms with Crippen molar-refractivity contribution in [3.05, 3.63) is 0 Å². The van der Waals surface area contributed by atoms with Crippen LogP contribution in [0.2, 0.25) is 0 Å². The molecular formula is C5H10BrN. The van der Waals surface area contributed by atoms with Crippen LogP contribution in [0.3, 0.4) is 0 Å². The van der Waals surface area contributed by atoms with Crippen molar-refractivity contribution in [2.24, 2.45) is 5.73 Å². The van der Waals surface area contributed by atoms with Gasteiger partial charge in [0.1, 0.15) is 0 Å². The summed E-state index contributed by atoms with van der Waals surface area (Å²) in [7, 11) is 0. The van der Waals surface area contributed by atoms with Gasteiger partial charge in [-0.1, -0.05) is 22.4 Å². The van der Waals surface area contributed by atoms with E-state index in [-0.39, 0.29) is 0 Å². The number of halogens is 1. The first kappa shape index (κ1) is 5.57. The monoisotopic (exact) mass is 163 g/mol. The predicted octanol–water partition coefficient (Wildman–Crippen LogP) is 1.26. The van der Waals surface area contributed by atoms with Crippen molar-refractivity contribution in [3.63, 3.8) is 0 Å². The molecule has 1 fully saturated rings. The van der Waals surface area contributed by atoms with Crippen LogP contribution < -0.4 is 5.73 Å². The molecule has 0 radical (unpaired) electrons. The fourth-order valence-electron chi connectivity index (χ4n) is 0.943. The Morgan fingerprint density at radius 2 is 2.14 bits per heavy atom. The predicted molar refractivity (Wildman–Crippen MR) is 34.5 cm³/mol. The molecule has 1 rings (SSSR count). The van der Waals surface area contributed by atoms with Crippen molar-refractivity contribution in [2.75, 3.05) is 0 Å². The van der Waals surface area contributed by atoms with E-state index in [0.717, 1.165) is 0 Å². The summed E-state index contributed by atoms with van der Waals surface area (Å²) in [6.07, 6.45) is 3.77. The summed E-state index contributed by atoms with van der Waals surface area (Å²) in [6, 6.07) is 0.431. The standard InChI is InChI=1S/C5H10BrN/c6-4-2-1-3-5(4)7/h4-5H,1-3,7H2/t4-,5+/m1/s1.